The zero-order valence-corrected chi connectivity index (χ0v) is 15.4. The Morgan fingerprint density at radius 3 is 2.19 bits per heavy atom. The number of unbranched alkanes of at least 4 members (excludes halogenated alkanes) is 4. The van der Waals surface area contributed by atoms with Crippen LogP contribution in [0.2, 0.25) is 0 Å². The molecule has 0 bridgehead atoms. The van der Waals surface area contributed by atoms with Crippen molar-refractivity contribution in [3.8, 4) is 0 Å². The molecule has 1 N–H and O–H groups in total. The molecule has 0 aromatic rings. The van der Waals surface area contributed by atoms with Crippen LogP contribution in [0.5, 0.6) is 0 Å². The molecule has 0 aromatic carbocycles. The van der Waals surface area contributed by atoms with Crippen LogP contribution in [0, 0.1) is 5.92 Å². The molecule has 1 heterocycles. The van der Waals surface area contributed by atoms with E-state index in [4.69, 9.17) is 4.74 Å². The van der Waals surface area contributed by atoms with Crippen molar-refractivity contribution in [2.45, 2.75) is 110 Å². The second-order valence-corrected chi connectivity index (χ2v) is 8.04. The lowest BCUT2D eigenvalue weighted by Crippen LogP contribution is -2.44. The molecule has 126 valence electrons. The first-order valence-electron chi connectivity index (χ1n) is 9.26. The summed E-state index contributed by atoms with van der Waals surface area (Å²) in [6.45, 7) is 14.7. The van der Waals surface area contributed by atoms with Crippen molar-refractivity contribution in [2.24, 2.45) is 5.92 Å². The molecule has 2 heteroatoms. The molecule has 2 nitrogen and oxygen atoms in total. The molecule has 21 heavy (non-hydrogen) atoms. The van der Waals surface area contributed by atoms with Gasteiger partial charge in [-0.05, 0) is 53.5 Å². The van der Waals surface area contributed by atoms with Crippen LogP contribution in [0.4, 0.5) is 0 Å². The Kier molecular flexibility index (Phi) is 7.70. The number of rotatable bonds is 10. The van der Waals surface area contributed by atoms with E-state index >= 15 is 0 Å². The van der Waals surface area contributed by atoms with Gasteiger partial charge in [0.15, 0.2) is 0 Å². The Labute approximate surface area is 133 Å². The number of ether oxygens (including phenoxy) is 1. The van der Waals surface area contributed by atoms with Gasteiger partial charge in [-0.25, -0.2) is 0 Å². The van der Waals surface area contributed by atoms with Crippen molar-refractivity contribution >= 4 is 0 Å². The summed E-state index contributed by atoms with van der Waals surface area (Å²) in [7, 11) is 0. The van der Waals surface area contributed by atoms with E-state index in [0.717, 1.165) is 6.54 Å². The van der Waals surface area contributed by atoms with Gasteiger partial charge in [0.05, 0.1) is 11.2 Å². The third-order valence-electron chi connectivity index (χ3n) is 4.90. The lowest BCUT2D eigenvalue weighted by molar-refractivity contribution is -0.0779. The second-order valence-electron chi connectivity index (χ2n) is 8.04. The molecule has 1 aliphatic heterocycles. The van der Waals surface area contributed by atoms with Crippen LogP contribution in [-0.2, 0) is 4.74 Å². The molecule has 0 saturated carbocycles. The molecule has 0 aromatic heterocycles. The summed E-state index contributed by atoms with van der Waals surface area (Å²) in [5.74, 6) is 0.630. The first kappa shape index (κ1) is 19.0. The monoisotopic (exact) mass is 297 g/mol. The van der Waals surface area contributed by atoms with Crippen LogP contribution < -0.4 is 5.32 Å². The van der Waals surface area contributed by atoms with Gasteiger partial charge in [-0.3, -0.25) is 0 Å². The van der Waals surface area contributed by atoms with Crippen molar-refractivity contribution in [3.63, 3.8) is 0 Å². The normalized spacial score (nSPS) is 25.1. The summed E-state index contributed by atoms with van der Waals surface area (Å²) in [6, 6.07) is 0.614. The van der Waals surface area contributed by atoms with Crippen molar-refractivity contribution < 1.29 is 4.74 Å². The molecule has 1 fully saturated rings. The fraction of sp³-hybridized carbons (Fsp3) is 1.00. The van der Waals surface area contributed by atoms with Crippen molar-refractivity contribution in [2.75, 3.05) is 6.54 Å². The van der Waals surface area contributed by atoms with Gasteiger partial charge in [-0.15, -0.1) is 0 Å². The molecule has 0 aliphatic carbocycles. The SMILES string of the molecule is CCCCCCCC(NCCC)C1CC(C)(C)OC1(C)C. The van der Waals surface area contributed by atoms with E-state index in [1.54, 1.807) is 0 Å². The summed E-state index contributed by atoms with van der Waals surface area (Å²) < 4.78 is 6.31. The third-order valence-corrected chi connectivity index (χ3v) is 4.90. The minimum atomic E-state index is -0.00166. The van der Waals surface area contributed by atoms with Gasteiger partial charge in [0.1, 0.15) is 0 Å². The van der Waals surface area contributed by atoms with Gasteiger partial charge in [0, 0.05) is 12.0 Å². The molecule has 1 rings (SSSR count). The van der Waals surface area contributed by atoms with Gasteiger partial charge in [0.2, 0.25) is 0 Å². The molecular formula is C19H39NO. The summed E-state index contributed by atoms with van der Waals surface area (Å²) in [6.07, 6.45) is 10.5. The molecule has 0 radical (unpaired) electrons. The lowest BCUT2D eigenvalue weighted by Gasteiger charge is -2.34. The number of hydrogen-bond donors (Lipinski definition) is 1. The first-order valence-corrected chi connectivity index (χ1v) is 9.26. The van der Waals surface area contributed by atoms with Gasteiger partial charge in [-0.1, -0.05) is 46.0 Å². The molecule has 1 aliphatic rings. The van der Waals surface area contributed by atoms with Gasteiger partial charge >= 0.3 is 0 Å². The largest absolute Gasteiger partial charge is 0.369 e. The molecule has 0 amide bonds. The van der Waals surface area contributed by atoms with Crippen LogP contribution in [0.3, 0.4) is 0 Å². The van der Waals surface area contributed by atoms with Crippen molar-refractivity contribution in [1.29, 1.82) is 0 Å². The molecule has 2 unspecified atom stereocenters. The fourth-order valence-corrected chi connectivity index (χ4v) is 3.97. The second kappa shape index (κ2) is 8.53. The average molecular weight is 298 g/mol. The van der Waals surface area contributed by atoms with Crippen LogP contribution in [0.1, 0.15) is 92.9 Å². The highest BCUT2D eigenvalue weighted by Gasteiger charge is 2.48. The van der Waals surface area contributed by atoms with E-state index in [0.29, 0.717) is 12.0 Å². The Morgan fingerprint density at radius 1 is 1.00 bits per heavy atom. The highest BCUT2D eigenvalue weighted by molar-refractivity contribution is 4.99. The molecule has 2 atom stereocenters. The van der Waals surface area contributed by atoms with Gasteiger partial charge < -0.3 is 10.1 Å². The highest BCUT2D eigenvalue weighted by Crippen LogP contribution is 2.44. The topological polar surface area (TPSA) is 21.3 Å². The maximum Gasteiger partial charge on any atom is 0.0677 e. The predicted octanol–water partition coefficient (Wildman–Crippen LogP) is 5.31. The highest BCUT2D eigenvalue weighted by atomic mass is 16.5. The summed E-state index contributed by atoms with van der Waals surface area (Å²) in [4.78, 5) is 0. The van der Waals surface area contributed by atoms with E-state index in [1.165, 1.54) is 51.4 Å². The van der Waals surface area contributed by atoms with E-state index < -0.39 is 0 Å². The third kappa shape index (κ3) is 6.28. The fourth-order valence-electron chi connectivity index (χ4n) is 3.97. The molecule has 1 saturated heterocycles. The average Bonchev–Trinajstić information content (AvgIpc) is 2.61. The van der Waals surface area contributed by atoms with E-state index in [2.05, 4.69) is 46.9 Å². The van der Waals surface area contributed by atoms with E-state index in [-0.39, 0.29) is 11.2 Å². The van der Waals surface area contributed by atoms with Crippen molar-refractivity contribution in [1.82, 2.24) is 5.32 Å². The molecular weight excluding hydrogens is 258 g/mol. The smallest absolute Gasteiger partial charge is 0.0677 e. The Hall–Kier alpha value is -0.0800. The van der Waals surface area contributed by atoms with Crippen LogP contribution in [0.25, 0.3) is 0 Å². The maximum absolute atomic E-state index is 6.31. The minimum absolute atomic E-state index is 0.00166. The minimum Gasteiger partial charge on any atom is -0.369 e. The molecule has 0 spiro atoms. The maximum atomic E-state index is 6.31. The van der Waals surface area contributed by atoms with Crippen LogP contribution >= 0.6 is 0 Å². The van der Waals surface area contributed by atoms with E-state index in [1.807, 2.05) is 0 Å². The Balaban J connectivity index is 2.55. The number of nitrogens with one attached hydrogen (secondary N) is 1. The zero-order chi connectivity index (χ0) is 15.9. The first-order chi connectivity index (χ1) is 9.82. The summed E-state index contributed by atoms with van der Waals surface area (Å²) >= 11 is 0. The standard InChI is InChI=1S/C19H39NO/c1-7-9-10-11-12-13-17(20-14-8-2)16-15-18(3,4)21-19(16,5)6/h16-17,20H,7-15H2,1-6H3. The Bertz CT molecular complexity index is 285. The van der Waals surface area contributed by atoms with Crippen molar-refractivity contribution in [3.05, 3.63) is 0 Å². The number of hydrogen-bond acceptors (Lipinski definition) is 2. The van der Waals surface area contributed by atoms with Gasteiger partial charge in [0.25, 0.3) is 0 Å². The van der Waals surface area contributed by atoms with Crippen LogP contribution in [0.15, 0.2) is 0 Å². The predicted molar refractivity (Wildman–Crippen MR) is 92.8 cm³/mol. The Morgan fingerprint density at radius 2 is 1.67 bits per heavy atom. The summed E-state index contributed by atoms with van der Waals surface area (Å²) in [5.41, 5.74) is 0.0286. The van der Waals surface area contributed by atoms with E-state index in [9.17, 15) is 0 Å². The van der Waals surface area contributed by atoms with Crippen LogP contribution in [-0.4, -0.2) is 23.8 Å². The quantitative estimate of drug-likeness (QED) is 0.552. The summed E-state index contributed by atoms with van der Waals surface area (Å²) in [5, 5.41) is 3.82. The lowest BCUT2D eigenvalue weighted by atomic mass is 9.79. The van der Waals surface area contributed by atoms with Gasteiger partial charge in [-0.2, -0.15) is 0 Å². The zero-order valence-electron chi connectivity index (χ0n) is 15.4.